The van der Waals surface area contributed by atoms with Crippen LogP contribution in [0.3, 0.4) is 0 Å². The van der Waals surface area contributed by atoms with Gasteiger partial charge in [-0.2, -0.15) is 0 Å². The van der Waals surface area contributed by atoms with E-state index in [9.17, 15) is 5.11 Å². The van der Waals surface area contributed by atoms with Crippen molar-refractivity contribution in [3.8, 4) is 5.75 Å². The van der Waals surface area contributed by atoms with Crippen molar-refractivity contribution >= 4 is 0 Å². The third kappa shape index (κ3) is 2.36. The zero-order valence-corrected chi connectivity index (χ0v) is 11.3. The number of hydrogen-bond donors (Lipinski definition) is 1. The van der Waals surface area contributed by atoms with Gasteiger partial charge in [-0.05, 0) is 31.5 Å². The largest absolute Gasteiger partial charge is 0.485 e. The summed E-state index contributed by atoms with van der Waals surface area (Å²) in [6, 6.07) is 14.3. The molecule has 1 N–H and O–H groups in total. The standard InChI is InChI=1S/C17H18O2/c1-11-4-3-5-13(8-11)17-10-15(18)14-9-12(2)6-7-16(14)19-17/h3-9,15,17-18H,10H2,1-2H3/t15-,17?/m0/s1. The van der Waals surface area contributed by atoms with Gasteiger partial charge in [-0.1, -0.05) is 41.5 Å². The van der Waals surface area contributed by atoms with Crippen molar-refractivity contribution in [3.63, 3.8) is 0 Å². The van der Waals surface area contributed by atoms with E-state index in [1.54, 1.807) is 0 Å². The van der Waals surface area contributed by atoms with Crippen LogP contribution in [0.1, 0.15) is 40.9 Å². The first-order chi connectivity index (χ1) is 9.13. The fraction of sp³-hybridized carbons (Fsp3) is 0.294. The van der Waals surface area contributed by atoms with Crippen LogP contribution in [-0.4, -0.2) is 5.11 Å². The molecule has 0 amide bonds. The predicted octanol–water partition coefficient (Wildman–Crippen LogP) is 3.86. The predicted molar refractivity (Wildman–Crippen MR) is 75.3 cm³/mol. The van der Waals surface area contributed by atoms with E-state index in [2.05, 4.69) is 25.1 Å². The topological polar surface area (TPSA) is 29.5 Å². The smallest absolute Gasteiger partial charge is 0.127 e. The molecule has 0 fully saturated rings. The molecule has 0 spiro atoms. The van der Waals surface area contributed by atoms with Crippen LogP contribution in [0, 0.1) is 13.8 Å². The molecular formula is C17H18O2. The first kappa shape index (κ1) is 12.2. The lowest BCUT2D eigenvalue weighted by Gasteiger charge is -2.30. The summed E-state index contributed by atoms with van der Waals surface area (Å²) in [5.41, 5.74) is 4.40. The van der Waals surface area contributed by atoms with Gasteiger partial charge in [0.2, 0.25) is 0 Å². The van der Waals surface area contributed by atoms with Crippen molar-refractivity contribution in [1.29, 1.82) is 0 Å². The number of benzene rings is 2. The molecule has 19 heavy (non-hydrogen) atoms. The van der Waals surface area contributed by atoms with E-state index < -0.39 is 6.10 Å². The van der Waals surface area contributed by atoms with Crippen molar-refractivity contribution in [1.82, 2.24) is 0 Å². The summed E-state index contributed by atoms with van der Waals surface area (Å²) in [7, 11) is 0. The zero-order valence-electron chi connectivity index (χ0n) is 11.3. The molecule has 98 valence electrons. The maximum Gasteiger partial charge on any atom is 0.127 e. The molecule has 1 aliphatic rings. The minimum atomic E-state index is -0.450. The Kier molecular flexibility index (Phi) is 3.03. The molecule has 1 heterocycles. The maximum absolute atomic E-state index is 10.3. The average molecular weight is 254 g/mol. The van der Waals surface area contributed by atoms with E-state index in [-0.39, 0.29) is 6.10 Å². The fourth-order valence-electron chi connectivity index (χ4n) is 2.64. The van der Waals surface area contributed by atoms with E-state index in [1.807, 2.05) is 31.2 Å². The summed E-state index contributed by atoms with van der Waals surface area (Å²) >= 11 is 0. The first-order valence-electron chi connectivity index (χ1n) is 6.65. The van der Waals surface area contributed by atoms with Crippen LogP contribution in [0.25, 0.3) is 0 Å². The number of aliphatic hydroxyl groups excluding tert-OH is 1. The first-order valence-corrected chi connectivity index (χ1v) is 6.65. The number of ether oxygens (including phenoxy) is 1. The van der Waals surface area contributed by atoms with Gasteiger partial charge in [-0.3, -0.25) is 0 Å². The van der Waals surface area contributed by atoms with Gasteiger partial charge in [-0.25, -0.2) is 0 Å². The van der Waals surface area contributed by atoms with Crippen LogP contribution < -0.4 is 4.74 Å². The number of aliphatic hydroxyl groups is 1. The summed E-state index contributed by atoms with van der Waals surface area (Å²) in [6.07, 6.45) is 0.0965. The highest BCUT2D eigenvalue weighted by Gasteiger charge is 2.27. The van der Waals surface area contributed by atoms with Crippen molar-refractivity contribution in [2.75, 3.05) is 0 Å². The Balaban J connectivity index is 1.95. The van der Waals surface area contributed by atoms with Gasteiger partial charge in [0.05, 0.1) is 6.10 Å². The summed E-state index contributed by atoms with van der Waals surface area (Å²) in [6.45, 7) is 4.10. The maximum atomic E-state index is 10.3. The van der Waals surface area contributed by atoms with E-state index >= 15 is 0 Å². The lowest BCUT2D eigenvalue weighted by atomic mass is 9.93. The Morgan fingerprint density at radius 1 is 1.05 bits per heavy atom. The number of aryl methyl sites for hydroxylation is 2. The molecule has 2 aromatic carbocycles. The second-order valence-corrected chi connectivity index (χ2v) is 5.31. The van der Waals surface area contributed by atoms with E-state index in [0.29, 0.717) is 6.42 Å². The number of hydrogen-bond acceptors (Lipinski definition) is 2. The Morgan fingerprint density at radius 3 is 2.63 bits per heavy atom. The van der Waals surface area contributed by atoms with Gasteiger partial charge in [-0.15, -0.1) is 0 Å². The highest BCUT2D eigenvalue weighted by Crippen LogP contribution is 2.41. The molecule has 0 bridgehead atoms. The second-order valence-electron chi connectivity index (χ2n) is 5.31. The molecule has 2 nitrogen and oxygen atoms in total. The highest BCUT2D eigenvalue weighted by molar-refractivity contribution is 5.41. The Hall–Kier alpha value is -1.80. The van der Waals surface area contributed by atoms with E-state index in [0.717, 1.165) is 22.4 Å². The van der Waals surface area contributed by atoms with Gasteiger partial charge in [0.25, 0.3) is 0 Å². The molecule has 2 aromatic rings. The lowest BCUT2D eigenvalue weighted by molar-refractivity contribution is 0.0656. The quantitative estimate of drug-likeness (QED) is 0.837. The van der Waals surface area contributed by atoms with Crippen LogP contribution in [-0.2, 0) is 0 Å². The van der Waals surface area contributed by atoms with Crippen molar-refractivity contribution in [2.45, 2.75) is 32.5 Å². The van der Waals surface area contributed by atoms with Gasteiger partial charge in [0.1, 0.15) is 11.9 Å². The zero-order chi connectivity index (χ0) is 13.4. The summed E-state index contributed by atoms with van der Waals surface area (Å²) in [4.78, 5) is 0. The SMILES string of the molecule is Cc1cccc(C2C[C@H](O)c3cc(C)ccc3O2)c1. The summed E-state index contributed by atoms with van der Waals surface area (Å²) in [5.74, 6) is 0.802. The molecule has 0 saturated carbocycles. The minimum Gasteiger partial charge on any atom is -0.485 e. The van der Waals surface area contributed by atoms with E-state index in [1.165, 1.54) is 5.56 Å². The van der Waals surface area contributed by atoms with Crippen LogP contribution in [0.2, 0.25) is 0 Å². The average Bonchev–Trinajstić information content (AvgIpc) is 2.39. The number of fused-ring (bicyclic) bond motifs is 1. The summed E-state index contributed by atoms with van der Waals surface area (Å²) in [5, 5.41) is 10.3. The molecule has 0 aliphatic carbocycles. The molecule has 1 unspecified atom stereocenters. The van der Waals surface area contributed by atoms with Gasteiger partial charge in [0, 0.05) is 12.0 Å². The lowest BCUT2D eigenvalue weighted by Crippen LogP contribution is -2.19. The van der Waals surface area contributed by atoms with Crippen molar-refractivity contribution < 1.29 is 9.84 Å². The summed E-state index contributed by atoms with van der Waals surface area (Å²) < 4.78 is 6.04. The Bertz CT molecular complexity index is 604. The number of rotatable bonds is 1. The van der Waals surface area contributed by atoms with Crippen molar-refractivity contribution in [2.24, 2.45) is 0 Å². The van der Waals surface area contributed by atoms with E-state index in [4.69, 9.17) is 4.74 Å². The molecular weight excluding hydrogens is 236 g/mol. The fourth-order valence-corrected chi connectivity index (χ4v) is 2.64. The third-order valence-electron chi connectivity index (χ3n) is 3.64. The molecule has 1 aliphatic heterocycles. The van der Waals surface area contributed by atoms with Gasteiger partial charge < -0.3 is 9.84 Å². The molecule has 0 aromatic heterocycles. The molecule has 0 radical (unpaired) electrons. The van der Waals surface area contributed by atoms with Crippen LogP contribution >= 0.6 is 0 Å². The minimum absolute atomic E-state index is 0.0647. The molecule has 2 heteroatoms. The molecule has 2 atom stereocenters. The Morgan fingerprint density at radius 2 is 1.84 bits per heavy atom. The van der Waals surface area contributed by atoms with Gasteiger partial charge in [0.15, 0.2) is 0 Å². The molecule has 3 rings (SSSR count). The molecule has 0 saturated heterocycles. The van der Waals surface area contributed by atoms with Crippen molar-refractivity contribution in [3.05, 3.63) is 64.7 Å². The van der Waals surface area contributed by atoms with Crippen LogP contribution in [0.5, 0.6) is 5.75 Å². The van der Waals surface area contributed by atoms with Crippen LogP contribution in [0.15, 0.2) is 42.5 Å². The second kappa shape index (κ2) is 4.71. The highest BCUT2D eigenvalue weighted by atomic mass is 16.5. The third-order valence-corrected chi connectivity index (χ3v) is 3.64. The normalized spacial score (nSPS) is 21.6. The van der Waals surface area contributed by atoms with Gasteiger partial charge >= 0.3 is 0 Å². The van der Waals surface area contributed by atoms with Crippen LogP contribution in [0.4, 0.5) is 0 Å². The monoisotopic (exact) mass is 254 g/mol. The Labute approximate surface area is 113 Å².